The molecule has 0 aromatic carbocycles. The molecule has 18 heavy (non-hydrogen) atoms. The van der Waals surface area contributed by atoms with Crippen molar-refractivity contribution in [2.24, 2.45) is 5.92 Å². The number of β-amino-alcohol motifs (C(OH)–C–C–N with tert-alkyl or cyclic N) is 1. The molecule has 0 aromatic rings. The smallest absolute Gasteiger partial charge is 0.222 e. The van der Waals surface area contributed by atoms with E-state index in [0.717, 1.165) is 6.42 Å². The Labute approximate surface area is 108 Å². The van der Waals surface area contributed by atoms with Gasteiger partial charge in [0.05, 0.1) is 17.1 Å². The van der Waals surface area contributed by atoms with Gasteiger partial charge in [-0.3, -0.25) is 4.79 Å². The van der Waals surface area contributed by atoms with Crippen molar-refractivity contribution in [2.45, 2.75) is 38.2 Å². The predicted octanol–water partition coefficient (Wildman–Crippen LogP) is 0.185. The summed E-state index contributed by atoms with van der Waals surface area (Å²) in [5.41, 5.74) is -0.796. The number of carbonyl (C=O) groups excluding carboxylic acids is 1. The van der Waals surface area contributed by atoms with Crippen LogP contribution in [-0.2, 0) is 14.6 Å². The van der Waals surface area contributed by atoms with Crippen molar-refractivity contribution < 1.29 is 18.3 Å². The number of piperidine rings is 1. The molecule has 0 radical (unpaired) electrons. The van der Waals surface area contributed by atoms with Gasteiger partial charge in [-0.25, -0.2) is 8.42 Å². The normalized spacial score (nSPS) is 35.7. The fourth-order valence-electron chi connectivity index (χ4n) is 2.84. The van der Waals surface area contributed by atoms with Gasteiger partial charge < -0.3 is 10.0 Å². The second kappa shape index (κ2) is 4.81. The van der Waals surface area contributed by atoms with Gasteiger partial charge in [0.1, 0.15) is 0 Å². The van der Waals surface area contributed by atoms with Crippen LogP contribution in [0.25, 0.3) is 0 Å². The highest BCUT2D eigenvalue weighted by molar-refractivity contribution is 7.91. The quantitative estimate of drug-likeness (QED) is 0.780. The number of nitrogens with zero attached hydrogens (tertiary/aromatic N) is 1. The number of hydrogen-bond acceptors (Lipinski definition) is 4. The molecule has 104 valence electrons. The SMILES string of the molecule is CC1(O)CCCN(C(=O)CC2CCS(=O)(=O)C2)C1. The molecular weight excluding hydrogens is 254 g/mol. The zero-order valence-electron chi connectivity index (χ0n) is 10.8. The lowest BCUT2D eigenvalue weighted by Crippen LogP contribution is -2.48. The number of rotatable bonds is 2. The zero-order valence-corrected chi connectivity index (χ0v) is 11.6. The lowest BCUT2D eigenvalue weighted by atomic mass is 9.94. The van der Waals surface area contributed by atoms with E-state index in [-0.39, 0.29) is 23.3 Å². The van der Waals surface area contributed by atoms with E-state index in [4.69, 9.17) is 0 Å². The lowest BCUT2D eigenvalue weighted by molar-refractivity contribution is -0.138. The maximum Gasteiger partial charge on any atom is 0.222 e. The Kier molecular flexibility index (Phi) is 3.69. The third kappa shape index (κ3) is 3.45. The first kappa shape index (κ1) is 13.8. The fourth-order valence-corrected chi connectivity index (χ4v) is 4.70. The zero-order chi connectivity index (χ0) is 13.4. The topological polar surface area (TPSA) is 74.7 Å². The number of likely N-dealkylation sites (tertiary alicyclic amines) is 1. The number of amides is 1. The first-order chi connectivity index (χ1) is 8.27. The van der Waals surface area contributed by atoms with Crippen LogP contribution in [0.15, 0.2) is 0 Å². The first-order valence-electron chi connectivity index (χ1n) is 6.48. The van der Waals surface area contributed by atoms with Gasteiger partial charge in [0.2, 0.25) is 5.91 Å². The maximum atomic E-state index is 12.1. The van der Waals surface area contributed by atoms with E-state index in [1.807, 2.05) is 0 Å². The molecule has 1 N–H and O–H groups in total. The molecule has 0 aliphatic carbocycles. The largest absolute Gasteiger partial charge is 0.388 e. The van der Waals surface area contributed by atoms with Gasteiger partial charge in [-0.15, -0.1) is 0 Å². The molecule has 2 aliphatic heterocycles. The molecule has 6 heteroatoms. The third-order valence-corrected chi connectivity index (χ3v) is 5.65. The van der Waals surface area contributed by atoms with E-state index in [2.05, 4.69) is 0 Å². The van der Waals surface area contributed by atoms with Crippen molar-refractivity contribution in [3.05, 3.63) is 0 Å². The summed E-state index contributed by atoms with van der Waals surface area (Å²) in [4.78, 5) is 13.7. The number of aliphatic hydroxyl groups is 1. The highest BCUT2D eigenvalue weighted by Gasteiger charge is 2.34. The van der Waals surface area contributed by atoms with E-state index in [1.165, 1.54) is 0 Å². The van der Waals surface area contributed by atoms with Crippen LogP contribution >= 0.6 is 0 Å². The summed E-state index contributed by atoms with van der Waals surface area (Å²) in [6.45, 7) is 2.78. The summed E-state index contributed by atoms with van der Waals surface area (Å²) >= 11 is 0. The van der Waals surface area contributed by atoms with Crippen molar-refractivity contribution in [2.75, 3.05) is 24.6 Å². The Balaban J connectivity index is 1.89. The number of sulfone groups is 1. The van der Waals surface area contributed by atoms with Gasteiger partial charge in [0.25, 0.3) is 0 Å². The molecular formula is C12H21NO4S. The molecule has 2 saturated heterocycles. The molecule has 2 unspecified atom stereocenters. The van der Waals surface area contributed by atoms with Gasteiger partial charge in [0.15, 0.2) is 9.84 Å². The average molecular weight is 275 g/mol. The summed E-state index contributed by atoms with van der Waals surface area (Å²) in [6, 6.07) is 0. The van der Waals surface area contributed by atoms with E-state index in [9.17, 15) is 18.3 Å². The van der Waals surface area contributed by atoms with Crippen molar-refractivity contribution in [3.63, 3.8) is 0 Å². The Hall–Kier alpha value is -0.620. The van der Waals surface area contributed by atoms with Gasteiger partial charge in [-0.05, 0) is 32.1 Å². The Morgan fingerprint density at radius 3 is 2.78 bits per heavy atom. The molecule has 5 nitrogen and oxygen atoms in total. The molecule has 2 rings (SSSR count). The van der Waals surface area contributed by atoms with Crippen molar-refractivity contribution in [3.8, 4) is 0 Å². The van der Waals surface area contributed by atoms with Gasteiger partial charge in [-0.2, -0.15) is 0 Å². The molecule has 0 spiro atoms. The van der Waals surface area contributed by atoms with Crippen LogP contribution in [0.4, 0.5) is 0 Å². The molecule has 0 aromatic heterocycles. The highest BCUT2D eigenvalue weighted by atomic mass is 32.2. The van der Waals surface area contributed by atoms with E-state index in [1.54, 1.807) is 11.8 Å². The van der Waals surface area contributed by atoms with Crippen LogP contribution < -0.4 is 0 Å². The molecule has 2 fully saturated rings. The fraction of sp³-hybridized carbons (Fsp3) is 0.917. The van der Waals surface area contributed by atoms with Gasteiger partial charge in [-0.1, -0.05) is 0 Å². The minimum atomic E-state index is -2.91. The van der Waals surface area contributed by atoms with E-state index in [0.29, 0.717) is 32.4 Å². The van der Waals surface area contributed by atoms with E-state index >= 15 is 0 Å². The molecule has 2 atom stereocenters. The second-order valence-corrected chi connectivity index (χ2v) is 8.12. The Morgan fingerprint density at radius 1 is 1.50 bits per heavy atom. The van der Waals surface area contributed by atoms with Gasteiger partial charge >= 0.3 is 0 Å². The molecule has 2 heterocycles. The minimum Gasteiger partial charge on any atom is -0.388 e. The van der Waals surface area contributed by atoms with Crippen molar-refractivity contribution >= 4 is 15.7 Å². The molecule has 0 saturated carbocycles. The summed E-state index contributed by atoms with van der Waals surface area (Å²) in [7, 11) is -2.91. The highest BCUT2D eigenvalue weighted by Crippen LogP contribution is 2.25. The standard InChI is InChI=1S/C12H21NO4S/c1-12(15)4-2-5-13(9-12)11(14)7-10-3-6-18(16,17)8-10/h10,15H,2-9H2,1H3. The summed E-state index contributed by atoms with van der Waals surface area (Å²) in [5, 5.41) is 9.95. The maximum absolute atomic E-state index is 12.1. The predicted molar refractivity (Wildman–Crippen MR) is 67.8 cm³/mol. The van der Waals surface area contributed by atoms with Crippen LogP contribution in [0.3, 0.4) is 0 Å². The second-order valence-electron chi connectivity index (χ2n) is 5.89. The van der Waals surface area contributed by atoms with Crippen molar-refractivity contribution in [1.29, 1.82) is 0 Å². The Bertz CT molecular complexity index is 429. The number of hydrogen-bond donors (Lipinski definition) is 1. The van der Waals surface area contributed by atoms with Crippen LogP contribution in [0, 0.1) is 5.92 Å². The summed E-state index contributed by atoms with van der Waals surface area (Å²) in [6.07, 6.45) is 2.42. The molecule has 1 amide bonds. The lowest BCUT2D eigenvalue weighted by Gasteiger charge is -2.37. The first-order valence-corrected chi connectivity index (χ1v) is 8.30. The van der Waals surface area contributed by atoms with Gasteiger partial charge in [0, 0.05) is 19.5 Å². The summed E-state index contributed by atoms with van der Waals surface area (Å²) in [5.74, 6) is 0.303. The minimum absolute atomic E-state index is 0.0166. The van der Waals surface area contributed by atoms with Crippen LogP contribution in [0.2, 0.25) is 0 Å². The number of carbonyl (C=O) groups is 1. The molecule has 2 aliphatic rings. The monoisotopic (exact) mass is 275 g/mol. The van der Waals surface area contributed by atoms with Crippen LogP contribution in [0.5, 0.6) is 0 Å². The van der Waals surface area contributed by atoms with Crippen molar-refractivity contribution in [1.82, 2.24) is 4.90 Å². The van der Waals surface area contributed by atoms with Crippen LogP contribution in [0.1, 0.15) is 32.6 Å². The third-order valence-electron chi connectivity index (χ3n) is 3.82. The average Bonchev–Trinajstić information content (AvgIpc) is 2.56. The summed E-state index contributed by atoms with van der Waals surface area (Å²) < 4.78 is 22.7. The Morgan fingerprint density at radius 2 is 2.22 bits per heavy atom. The van der Waals surface area contributed by atoms with E-state index < -0.39 is 15.4 Å². The molecule has 0 bridgehead atoms. The van der Waals surface area contributed by atoms with Crippen LogP contribution in [-0.4, -0.2) is 54.5 Å².